The van der Waals surface area contributed by atoms with E-state index in [2.05, 4.69) is 19.2 Å². The molecule has 1 aromatic carbocycles. The molecular formula is C16H21NO3. The van der Waals surface area contributed by atoms with Gasteiger partial charge in [0.1, 0.15) is 0 Å². The summed E-state index contributed by atoms with van der Waals surface area (Å²) < 4.78 is 15.9. The molecule has 2 aromatic rings. The molecule has 0 saturated heterocycles. The molecule has 2 rings (SSSR count). The molecule has 0 fully saturated rings. The van der Waals surface area contributed by atoms with Crippen molar-refractivity contribution in [1.82, 2.24) is 5.32 Å². The highest BCUT2D eigenvalue weighted by molar-refractivity contribution is 5.70. The molecule has 0 atom stereocenters. The number of hydrogen-bond acceptors (Lipinski definition) is 4. The summed E-state index contributed by atoms with van der Waals surface area (Å²) in [5.74, 6) is 1.46. The van der Waals surface area contributed by atoms with Crippen LogP contribution in [0.5, 0.6) is 11.5 Å². The van der Waals surface area contributed by atoms with E-state index in [4.69, 9.17) is 13.9 Å². The first-order valence-electron chi connectivity index (χ1n) is 6.66. The van der Waals surface area contributed by atoms with Gasteiger partial charge in [-0.1, -0.05) is 13.8 Å². The molecule has 1 heterocycles. The normalized spacial score (nSPS) is 10.8. The summed E-state index contributed by atoms with van der Waals surface area (Å²) in [6.45, 7) is 5.01. The van der Waals surface area contributed by atoms with Gasteiger partial charge in [-0.3, -0.25) is 0 Å². The number of methoxy groups -OCH3 is 2. The molecule has 0 aliphatic rings. The molecule has 0 spiro atoms. The molecule has 0 radical (unpaired) electrons. The third kappa shape index (κ3) is 3.14. The summed E-state index contributed by atoms with van der Waals surface area (Å²) in [4.78, 5) is 0. The van der Waals surface area contributed by atoms with Crippen LogP contribution in [0.3, 0.4) is 0 Å². The van der Waals surface area contributed by atoms with E-state index in [1.165, 1.54) is 0 Å². The lowest BCUT2D eigenvalue weighted by Gasteiger charge is -2.16. The second-order valence-electron chi connectivity index (χ2n) is 4.91. The van der Waals surface area contributed by atoms with Gasteiger partial charge >= 0.3 is 0 Å². The maximum atomic E-state index is 5.38. The second-order valence-corrected chi connectivity index (χ2v) is 4.91. The van der Waals surface area contributed by atoms with Crippen LogP contribution in [0.4, 0.5) is 0 Å². The molecule has 1 N–H and O–H groups in total. The zero-order chi connectivity index (χ0) is 14.5. The van der Waals surface area contributed by atoms with Crippen molar-refractivity contribution in [1.29, 1.82) is 0 Å². The number of ether oxygens (including phenoxy) is 2. The first-order valence-corrected chi connectivity index (χ1v) is 6.66. The van der Waals surface area contributed by atoms with Crippen LogP contribution in [-0.4, -0.2) is 20.3 Å². The Morgan fingerprint density at radius 3 is 2.40 bits per heavy atom. The van der Waals surface area contributed by atoms with E-state index in [1.54, 1.807) is 26.7 Å². The SMILES string of the molecule is COc1cc(CNC(C)C)c(-c2ccoc2)cc1OC. The van der Waals surface area contributed by atoms with Crippen molar-refractivity contribution in [2.45, 2.75) is 26.4 Å². The van der Waals surface area contributed by atoms with E-state index in [0.29, 0.717) is 6.04 Å². The first-order chi connectivity index (χ1) is 9.65. The summed E-state index contributed by atoms with van der Waals surface area (Å²) in [7, 11) is 3.29. The molecule has 108 valence electrons. The number of benzene rings is 1. The van der Waals surface area contributed by atoms with E-state index in [-0.39, 0.29) is 0 Å². The molecule has 1 aromatic heterocycles. The Bertz CT molecular complexity index is 547. The first kappa shape index (κ1) is 14.5. The molecular weight excluding hydrogens is 254 g/mol. The Morgan fingerprint density at radius 2 is 1.85 bits per heavy atom. The van der Waals surface area contributed by atoms with E-state index in [1.807, 2.05) is 18.2 Å². The van der Waals surface area contributed by atoms with E-state index < -0.39 is 0 Å². The molecule has 4 heteroatoms. The van der Waals surface area contributed by atoms with Crippen LogP contribution in [0.2, 0.25) is 0 Å². The van der Waals surface area contributed by atoms with Gasteiger partial charge < -0.3 is 19.2 Å². The lowest BCUT2D eigenvalue weighted by Crippen LogP contribution is -2.22. The average Bonchev–Trinajstić information content (AvgIpc) is 2.97. The molecule has 0 bridgehead atoms. The standard InChI is InChI=1S/C16H21NO3/c1-11(2)17-9-13-7-15(18-3)16(19-4)8-14(13)12-5-6-20-10-12/h5-8,10-11,17H,9H2,1-4H3. The van der Waals surface area contributed by atoms with Gasteiger partial charge in [0.25, 0.3) is 0 Å². The fourth-order valence-electron chi connectivity index (χ4n) is 2.07. The lowest BCUT2D eigenvalue weighted by atomic mass is 10.0. The summed E-state index contributed by atoms with van der Waals surface area (Å²) >= 11 is 0. The minimum Gasteiger partial charge on any atom is -0.493 e. The topological polar surface area (TPSA) is 43.6 Å². The average molecular weight is 275 g/mol. The summed E-state index contributed by atoms with van der Waals surface area (Å²) in [6, 6.07) is 6.36. The molecule has 0 amide bonds. The van der Waals surface area contributed by atoms with E-state index in [9.17, 15) is 0 Å². The number of furan rings is 1. The Morgan fingerprint density at radius 1 is 1.15 bits per heavy atom. The third-order valence-corrected chi connectivity index (χ3v) is 3.14. The highest BCUT2D eigenvalue weighted by Gasteiger charge is 2.13. The number of rotatable bonds is 6. The van der Waals surface area contributed by atoms with Crippen LogP contribution in [0, 0.1) is 0 Å². The largest absolute Gasteiger partial charge is 0.493 e. The van der Waals surface area contributed by atoms with Gasteiger partial charge in [0.05, 0.1) is 26.7 Å². The Labute approximate surface area is 119 Å². The highest BCUT2D eigenvalue weighted by atomic mass is 16.5. The zero-order valence-corrected chi connectivity index (χ0v) is 12.4. The zero-order valence-electron chi connectivity index (χ0n) is 12.4. The highest BCUT2D eigenvalue weighted by Crippen LogP contribution is 2.35. The molecule has 0 aliphatic heterocycles. The predicted octanol–water partition coefficient (Wildman–Crippen LogP) is 3.46. The van der Waals surface area contributed by atoms with E-state index >= 15 is 0 Å². The van der Waals surface area contributed by atoms with Crippen molar-refractivity contribution in [3.8, 4) is 22.6 Å². The second kappa shape index (κ2) is 6.48. The van der Waals surface area contributed by atoms with Crippen molar-refractivity contribution < 1.29 is 13.9 Å². The van der Waals surface area contributed by atoms with Gasteiger partial charge in [0.15, 0.2) is 11.5 Å². The maximum absolute atomic E-state index is 5.38. The fourth-order valence-corrected chi connectivity index (χ4v) is 2.07. The van der Waals surface area contributed by atoms with Crippen molar-refractivity contribution in [2.24, 2.45) is 0 Å². The summed E-state index contributed by atoms with van der Waals surface area (Å²) in [5.41, 5.74) is 3.27. The van der Waals surface area contributed by atoms with Crippen LogP contribution in [-0.2, 0) is 6.54 Å². The van der Waals surface area contributed by atoms with Gasteiger partial charge in [-0.2, -0.15) is 0 Å². The van der Waals surface area contributed by atoms with Crippen molar-refractivity contribution in [3.63, 3.8) is 0 Å². The van der Waals surface area contributed by atoms with Crippen LogP contribution in [0.25, 0.3) is 11.1 Å². The van der Waals surface area contributed by atoms with Crippen LogP contribution >= 0.6 is 0 Å². The van der Waals surface area contributed by atoms with Gasteiger partial charge in [-0.15, -0.1) is 0 Å². The monoisotopic (exact) mass is 275 g/mol. The fraction of sp³-hybridized carbons (Fsp3) is 0.375. The smallest absolute Gasteiger partial charge is 0.161 e. The minimum absolute atomic E-state index is 0.417. The van der Waals surface area contributed by atoms with Crippen molar-refractivity contribution in [2.75, 3.05) is 14.2 Å². The lowest BCUT2D eigenvalue weighted by molar-refractivity contribution is 0.354. The molecule has 0 saturated carbocycles. The van der Waals surface area contributed by atoms with Crippen LogP contribution in [0.1, 0.15) is 19.4 Å². The minimum atomic E-state index is 0.417. The van der Waals surface area contributed by atoms with Crippen molar-refractivity contribution in [3.05, 3.63) is 36.3 Å². The third-order valence-electron chi connectivity index (χ3n) is 3.14. The molecule has 0 unspecified atom stereocenters. The van der Waals surface area contributed by atoms with Gasteiger partial charge in [-0.25, -0.2) is 0 Å². The number of nitrogens with one attached hydrogen (secondary N) is 1. The molecule has 4 nitrogen and oxygen atoms in total. The quantitative estimate of drug-likeness (QED) is 0.876. The van der Waals surface area contributed by atoms with Crippen molar-refractivity contribution >= 4 is 0 Å². The van der Waals surface area contributed by atoms with Crippen LogP contribution in [0.15, 0.2) is 35.1 Å². The van der Waals surface area contributed by atoms with Gasteiger partial charge in [-0.05, 0) is 29.3 Å². The van der Waals surface area contributed by atoms with Crippen LogP contribution < -0.4 is 14.8 Å². The maximum Gasteiger partial charge on any atom is 0.161 e. The Kier molecular flexibility index (Phi) is 4.69. The predicted molar refractivity (Wildman–Crippen MR) is 79.2 cm³/mol. The summed E-state index contributed by atoms with van der Waals surface area (Å²) in [6.07, 6.45) is 3.41. The summed E-state index contributed by atoms with van der Waals surface area (Å²) in [5, 5.41) is 3.43. The van der Waals surface area contributed by atoms with Gasteiger partial charge in [0, 0.05) is 18.2 Å². The van der Waals surface area contributed by atoms with E-state index in [0.717, 1.165) is 34.7 Å². The number of hydrogen-bond donors (Lipinski definition) is 1. The Hall–Kier alpha value is -1.94. The Balaban J connectivity index is 2.45. The molecule has 20 heavy (non-hydrogen) atoms. The molecule has 0 aliphatic carbocycles. The van der Waals surface area contributed by atoms with Gasteiger partial charge in [0.2, 0.25) is 0 Å².